The van der Waals surface area contributed by atoms with Crippen molar-refractivity contribution in [3.05, 3.63) is 34.9 Å². The fourth-order valence-electron chi connectivity index (χ4n) is 2.84. The Labute approximate surface area is 127 Å². The highest BCUT2D eigenvalue weighted by Crippen LogP contribution is 2.38. The number of hydrogen-bond donors (Lipinski definition) is 1. The highest BCUT2D eigenvalue weighted by atomic mass is 35.5. The van der Waals surface area contributed by atoms with Gasteiger partial charge in [0.1, 0.15) is 0 Å². The first-order valence-corrected chi connectivity index (χ1v) is 7.80. The van der Waals surface area contributed by atoms with E-state index < -0.39 is 0 Å². The minimum Gasteiger partial charge on any atom is -0.378 e. The molecule has 20 heavy (non-hydrogen) atoms. The summed E-state index contributed by atoms with van der Waals surface area (Å²) in [5.74, 6) is 0. The van der Waals surface area contributed by atoms with E-state index in [1.807, 2.05) is 12.1 Å². The minimum absolute atomic E-state index is 0.129. The lowest BCUT2D eigenvalue weighted by Gasteiger charge is -2.36. The van der Waals surface area contributed by atoms with Crippen molar-refractivity contribution in [1.82, 2.24) is 5.32 Å². The molecule has 1 N–H and O–H groups in total. The molecule has 1 heterocycles. The van der Waals surface area contributed by atoms with Gasteiger partial charge >= 0.3 is 0 Å². The van der Waals surface area contributed by atoms with Gasteiger partial charge in [-0.1, -0.05) is 23.7 Å². The van der Waals surface area contributed by atoms with E-state index in [-0.39, 0.29) is 17.1 Å². The number of rotatable bonds is 4. The van der Waals surface area contributed by atoms with Crippen LogP contribution in [0.4, 0.5) is 0 Å². The number of nitrogens with one attached hydrogen (secondary N) is 1. The molecule has 3 heteroatoms. The Morgan fingerprint density at radius 1 is 1.40 bits per heavy atom. The van der Waals surface area contributed by atoms with E-state index in [4.69, 9.17) is 16.3 Å². The lowest BCUT2D eigenvalue weighted by atomic mass is 9.75. The van der Waals surface area contributed by atoms with Gasteiger partial charge in [-0.05, 0) is 58.2 Å². The maximum absolute atomic E-state index is 6.11. The predicted octanol–water partition coefficient (Wildman–Crippen LogP) is 4.07. The Hall–Kier alpha value is -0.570. The van der Waals surface area contributed by atoms with Crippen molar-refractivity contribution in [2.75, 3.05) is 13.2 Å². The van der Waals surface area contributed by atoms with Crippen molar-refractivity contribution in [1.29, 1.82) is 0 Å². The first-order valence-electron chi connectivity index (χ1n) is 7.42. The van der Waals surface area contributed by atoms with Crippen LogP contribution in [0.5, 0.6) is 0 Å². The molecule has 0 aromatic heterocycles. The summed E-state index contributed by atoms with van der Waals surface area (Å²) in [5.41, 5.74) is 1.59. The monoisotopic (exact) mass is 295 g/mol. The molecule has 0 spiro atoms. The summed E-state index contributed by atoms with van der Waals surface area (Å²) >= 11 is 6.11. The van der Waals surface area contributed by atoms with Crippen molar-refractivity contribution >= 4 is 11.6 Å². The summed E-state index contributed by atoms with van der Waals surface area (Å²) < 4.78 is 5.86. The van der Waals surface area contributed by atoms with E-state index in [9.17, 15) is 0 Å². The van der Waals surface area contributed by atoms with Gasteiger partial charge in [-0.25, -0.2) is 0 Å². The Morgan fingerprint density at radius 2 is 2.15 bits per heavy atom. The molecule has 1 fully saturated rings. The molecular formula is C17H26ClNO. The molecule has 1 aliphatic heterocycles. The zero-order valence-corrected chi connectivity index (χ0v) is 13.8. The average Bonchev–Trinajstić information content (AvgIpc) is 2.68. The van der Waals surface area contributed by atoms with Gasteiger partial charge in [0.15, 0.2) is 0 Å². The molecule has 0 aliphatic carbocycles. The second-order valence-electron chi connectivity index (χ2n) is 7.04. The molecule has 0 bridgehead atoms. The maximum Gasteiger partial charge on any atom is 0.0619 e. The first kappa shape index (κ1) is 15.8. The quantitative estimate of drug-likeness (QED) is 0.904. The highest BCUT2D eigenvalue weighted by molar-refractivity contribution is 6.30. The zero-order chi connectivity index (χ0) is 14.8. The van der Waals surface area contributed by atoms with Crippen LogP contribution < -0.4 is 5.32 Å². The third kappa shape index (κ3) is 3.97. The molecule has 1 aliphatic rings. The van der Waals surface area contributed by atoms with Gasteiger partial charge in [-0.3, -0.25) is 0 Å². The molecule has 2 unspecified atom stereocenters. The van der Waals surface area contributed by atoms with Crippen LogP contribution in [0, 0.1) is 5.41 Å². The zero-order valence-electron chi connectivity index (χ0n) is 13.0. The molecule has 1 aromatic carbocycles. The van der Waals surface area contributed by atoms with Crippen molar-refractivity contribution in [2.45, 2.75) is 52.2 Å². The molecular weight excluding hydrogens is 270 g/mol. The Morgan fingerprint density at radius 3 is 2.70 bits per heavy atom. The van der Waals surface area contributed by atoms with Gasteiger partial charge < -0.3 is 10.1 Å². The van der Waals surface area contributed by atoms with Crippen LogP contribution in [0.3, 0.4) is 0 Å². The topological polar surface area (TPSA) is 21.3 Å². The molecule has 0 radical (unpaired) electrons. The van der Waals surface area contributed by atoms with Gasteiger partial charge in [0.2, 0.25) is 0 Å². The van der Waals surface area contributed by atoms with Crippen LogP contribution in [0.1, 0.15) is 39.7 Å². The predicted molar refractivity (Wildman–Crippen MR) is 85.4 cm³/mol. The van der Waals surface area contributed by atoms with Gasteiger partial charge in [-0.2, -0.15) is 0 Å². The third-order valence-electron chi connectivity index (χ3n) is 4.25. The summed E-state index contributed by atoms with van der Waals surface area (Å²) in [6.45, 7) is 10.7. The van der Waals surface area contributed by atoms with E-state index in [1.54, 1.807) is 0 Å². The number of benzene rings is 1. The normalized spacial score (nSPS) is 26.9. The molecule has 2 rings (SSSR count). The number of ether oxygens (including phenoxy) is 1. The van der Waals surface area contributed by atoms with E-state index in [1.165, 1.54) is 5.56 Å². The van der Waals surface area contributed by atoms with E-state index in [2.05, 4.69) is 45.1 Å². The molecule has 0 amide bonds. The molecule has 2 nitrogen and oxygen atoms in total. The lowest BCUT2D eigenvalue weighted by Crippen LogP contribution is -2.47. The van der Waals surface area contributed by atoms with Crippen molar-refractivity contribution in [3.8, 4) is 0 Å². The fraction of sp³-hybridized carbons (Fsp3) is 0.647. The Bertz CT molecular complexity index is 455. The van der Waals surface area contributed by atoms with Crippen LogP contribution in [0.15, 0.2) is 24.3 Å². The van der Waals surface area contributed by atoms with Gasteiger partial charge in [0.25, 0.3) is 0 Å². The molecule has 0 saturated carbocycles. The molecule has 1 aromatic rings. The second-order valence-corrected chi connectivity index (χ2v) is 7.47. The Balaban J connectivity index is 2.15. The second kappa shape index (κ2) is 6.05. The van der Waals surface area contributed by atoms with Crippen LogP contribution in [0.2, 0.25) is 5.02 Å². The summed E-state index contributed by atoms with van der Waals surface area (Å²) in [7, 11) is 0. The Kier molecular flexibility index (Phi) is 4.78. The van der Waals surface area contributed by atoms with Gasteiger partial charge in [-0.15, -0.1) is 0 Å². The average molecular weight is 296 g/mol. The summed E-state index contributed by atoms with van der Waals surface area (Å²) in [6, 6.07) is 8.20. The molecule has 2 atom stereocenters. The SMILES string of the molecule is CC1OCCC1(CNC(C)(C)C)Cc1cccc(Cl)c1. The number of hydrogen-bond acceptors (Lipinski definition) is 2. The van der Waals surface area contributed by atoms with Crippen LogP contribution >= 0.6 is 11.6 Å². The number of halogens is 1. The maximum atomic E-state index is 6.11. The standard InChI is InChI=1S/C17H26ClNO/c1-13-17(8-9-20-13,12-19-16(2,3)4)11-14-6-5-7-15(18)10-14/h5-7,10,13,19H,8-9,11-12H2,1-4H3. The van der Waals surface area contributed by atoms with E-state index >= 15 is 0 Å². The third-order valence-corrected chi connectivity index (χ3v) is 4.48. The smallest absolute Gasteiger partial charge is 0.0619 e. The van der Waals surface area contributed by atoms with Crippen molar-refractivity contribution in [2.24, 2.45) is 5.41 Å². The van der Waals surface area contributed by atoms with Crippen LogP contribution in [0.25, 0.3) is 0 Å². The van der Waals surface area contributed by atoms with Gasteiger partial charge in [0.05, 0.1) is 6.10 Å². The summed E-state index contributed by atoms with van der Waals surface area (Å²) in [4.78, 5) is 0. The highest BCUT2D eigenvalue weighted by Gasteiger charge is 2.41. The summed E-state index contributed by atoms with van der Waals surface area (Å²) in [5, 5.41) is 4.47. The van der Waals surface area contributed by atoms with Gasteiger partial charge in [0, 0.05) is 29.1 Å². The largest absolute Gasteiger partial charge is 0.378 e. The van der Waals surface area contributed by atoms with Crippen molar-refractivity contribution in [3.63, 3.8) is 0 Å². The van der Waals surface area contributed by atoms with Crippen LogP contribution in [-0.2, 0) is 11.2 Å². The fourth-order valence-corrected chi connectivity index (χ4v) is 3.05. The summed E-state index contributed by atoms with van der Waals surface area (Å²) in [6.07, 6.45) is 2.39. The van der Waals surface area contributed by atoms with Crippen molar-refractivity contribution < 1.29 is 4.74 Å². The first-order chi connectivity index (χ1) is 9.31. The van der Waals surface area contributed by atoms with E-state index in [0.717, 1.165) is 31.0 Å². The minimum atomic E-state index is 0.129. The molecule has 1 saturated heterocycles. The molecule has 112 valence electrons. The van der Waals surface area contributed by atoms with E-state index in [0.29, 0.717) is 0 Å². The lowest BCUT2D eigenvalue weighted by molar-refractivity contribution is 0.0598. The van der Waals surface area contributed by atoms with Crippen LogP contribution in [-0.4, -0.2) is 24.8 Å².